The average Bonchev–Trinajstić information content (AvgIpc) is 3.43. The van der Waals surface area contributed by atoms with E-state index in [4.69, 9.17) is 10.5 Å². The molecule has 0 aliphatic carbocycles. The van der Waals surface area contributed by atoms with E-state index < -0.39 is 0 Å². The predicted octanol–water partition coefficient (Wildman–Crippen LogP) is 7.69. The number of aromatic nitrogens is 2. The number of nitrogens with one attached hydrogen (secondary N) is 2. The third kappa shape index (κ3) is 6.66. The Balaban J connectivity index is 0.000000141. The van der Waals surface area contributed by atoms with Gasteiger partial charge in [-0.15, -0.1) is 0 Å². The first-order valence-corrected chi connectivity index (χ1v) is 11.5. The third-order valence-corrected chi connectivity index (χ3v) is 5.42. The first-order chi connectivity index (χ1) is 16.0. The molecule has 0 unspecified atom stereocenters. The summed E-state index contributed by atoms with van der Waals surface area (Å²) in [5.74, 6) is 2.09. The Labute approximate surface area is 196 Å². The molecule has 0 aliphatic rings. The summed E-state index contributed by atoms with van der Waals surface area (Å²) in [5, 5.41) is 2.33. The highest BCUT2D eigenvalue weighted by atomic mass is 16.5. The first-order valence-electron chi connectivity index (χ1n) is 11.5. The van der Waals surface area contributed by atoms with Gasteiger partial charge in [-0.1, -0.05) is 81.8 Å². The topological polar surface area (TPSA) is 66.8 Å². The minimum atomic E-state index is 0.581. The van der Waals surface area contributed by atoms with Crippen LogP contribution in [0.25, 0.3) is 21.8 Å². The Morgan fingerprint density at radius 3 is 2.18 bits per heavy atom. The lowest BCUT2D eigenvalue weighted by molar-refractivity contribution is 0.420. The number of aromatic amines is 2. The van der Waals surface area contributed by atoms with Crippen molar-refractivity contribution in [2.45, 2.75) is 39.5 Å². The fourth-order valence-electron chi connectivity index (χ4n) is 3.67. The Morgan fingerprint density at radius 2 is 1.52 bits per heavy atom. The van der Waals surface area contributed by atoms with E-state index in [1.54, 1.807) is 7.11 Å². The normalized spacial score (nSPS) is 10.5. The Hall–Kier alpha value is -3.66. The number of para-hydroxylation sites is 1. The lowest BCUT2D eigenvalue weighted by atomic mass is 10.1. The molecule has 4 N–H and O–H groups in total. The summed E-state index contributed by atoms with van der Waals surface area (Å²) < 4.78 is 5.17. The zero-order valence-corrected chi connectivity index (χ0v) is 20.1. The molecule has 0 atom stereocenters. The Bertz CT molecular complexity index is 1220. The molecular formula is C29H35N3O. The van der Waals surface area contributed by atoms with Crippen molar-refractivity contribution in [3.8, 4) is 5.75 Å². The van der Waals surface area contributed by atoms with Gasteiger partial charge in [0, 0.05) is 16.6 Å². The largest absolute Gasteiger partial charge is 0.496 e. The molecule has 4 nitrogen and oxygen atoms in total. The number of hydrogen-bond acceptors (Lipinski definition) is 2. The highest BCUT2D eigenvalue weighted by Gasteiger charge is 2.03. The lowest BCUT2D eigenvalue weighted by Gasteiger charge is -1.99. The lowest BCUT2D eigenvalue weighted by Crippen LogP contribution is -1.84. The third-order valence-electron chi connectivity index (χ3n) is 5.42. The quantitative estimate of drug-likeness (QED) is 0.268. The van der Waals surface area contributed by atoms with Gasteiger partial charge in [-0.3, -0.25) is 0 Å². The molecule has 0 saturated carbocycles. The van der Waals surface area contributed by atoms with Gasteiger partial charge in [-0.25, -0.2) is 0 Å². The van der Waals surface area contributed by atoms with Crippen LogP contribution in [0.5, 0.6) is 5.75 Å². The van der Waals surface area contributed by atoms with Crippen LogP contribution in [-0.4, -0.2) is 17.1 Å². The molecule has 3 aromatic carbocycles. The molecular weight excluding hydrogens is 406 g/mol. The number of ether oxygens (including phenoxy) is 1. The van der Waals surface area contributed by atoms with Crippen LogP contribution in [-0.2, 0) is 6.42 Å². The monoisotopic (exact) mass is 441 g/mol. The fourth-order valence-corrected chi connectivity index (χ4v) is 3.67. The van der Waals surface area contributed by atoms with E-state index in [9.17, 15) is 0 Å². The van der Waals surface area contributed by atoms with Gasteiger partial charge in [0.15, 0.2) is 0 Å². The maximum absolute atomic E-state index is 5.60. The number of fused-ring (bicyclic) bond motifs is 2. The molecule has 33 heavy (non-hydrogen) atoms. The van der Waals surface area contributed by atoms with Crippen molar-refractivity contribution in [3.63, 3.8) is 0 Å². The fraction of sp³-hybridized carbons (Fsp3) is 0.241. The number of H-pyrrole nitrogens is 2. The number of hydrogen-bond donors (Lipinski definition) is 3. The van der Waals surface area contributed by atoms with E-state index in [1.807, 2.05) is 24.3 Å². The van der Waals surface area contributed by atoms with E-state index in [2.05, 4.69) is 91.4 Å². The van der Waals surface area contributed by atoms with E-state index in [-0.39, 0.29) is 0 Å². The van der Waals surface area contributed by atoms with E-state index >= 15 is 0 Å². The first kappa shape index (κ1) is 24.0. The maximum Gasteiger partial charge on any atom is 0.128 e. The van der Waals surface area contributed by atoms with Crippen LogP contribution < -0.4 is 10.5 Å². The molecule has 0 fully saturated rings. The second-order valence-corrected chi connectivity index (χ2v) is 8.35. The van der Waals surface area contributed by atoms with Crippen molar-refractivity contribution in [2.24, 2.45) is 0 Å². The number of rotatable bonds is 4. The van der Waals surface area contributed by atoms with Gasteiger partial charge in [0.2, 0.25) is 0 Å². The summed E-state index contributed by atoms with van der Waals surface area (Å²) in [6.07, 6.45) is 2.45. The number of aryl methyl sites for hydroxylation is 1. The van der Waals surface area contributed by atoms with Crippen molar-refractivity contribution in [2.75, 3.05) is 12.8 Å². The number of nitrogen functional groups attached to an aromatic ring is 1. The number of methoxy groups -OCH3 is 1. The van der Waals surface area contributed by atoms with Crippen molar-refractivity contribution < 1.29 is 4.74 Å². The van der Waals surface area contributed by atoms with Crippen LogP contribution >= 0.6 is 0 Å². The van der Waals surface area contributed by atoms with Gasteiger partial charge >= 0.3 is 0 Å². The van der Waals surface area contributed by atoms with Crippen LogP contribution in [0.4, 0.5) is 5.82 Å². The van der Waals surface area contributed by atoms with Gasteiger partial charge in [-0.2, -0.15) is 0 Å². The molecule has 2 aromatic heterocycles. The Kier molecular flexibility index (Phi) is 8.59. The minimum Gasteiger partial charge on any atom is -0.496 e. The minimum absolute atomic E-state index is 0.581. The SMILES string of the molecule is CC(C)c1cc2ccccc2[nH]1.CCCc1ccccc1.COc1cccc2[nH]c(N)cc12. The maximum atomic E-state index is 5.60. The molecule has 0 spiro atoms. The predicted molar refractivity (Wildman–Crippen MR) is 142 cm³/mol. The number of anilines is 1. The zero-order valence-electron chi connectivity index (χ0n) is 20.1. The molecule has 2 heterocycles. The van der Waals surface area contributed by atoms with Crippen LogP contribution in [0.2, 0.25) is 0 Å². The van der Waals surface area contributed by atoms with Crippen molar-refractivity contribution >= 4 is 27.6 Å². The van der Waals surface area contributed by atoms with E-state index in [0.29, 0.717) is 11.7 Å². The van der Waals surface area contributed by atoms with Crippen LogP contribution in [0.3, 0.4) is 0 Å². The number of benzene rings is 3. The van der Waals surface area contributed by atoms with Gasteiger partial charge in [0.05, 0.1) is 12.6 Å². The molecule has 5 aromatic rings. The molecule has 0 saturated heterocycles. The summed E-state index contributed by atoms with van der Waals surface area (Å²) in [6.45, 7) is 6.60. The molecule has 0 bridgehead atoms. The van der Waals surface area contributed by atoms with Gasteiger partial charge in [-0.05, 0) is 53.6 Å². The molecule has 0 aliphatic heterocycles. The van der Waals surface area contributed by atoms with Crippen molar-refractivity contribution in [1.29, 1.82) is 0 Å². The standard InChI is InChI=1S/C11H13N.C9H10N2O.C9H12/c1-8(2)11-7-9-5-3-4-6-10(9)12-11;1-12-8-4-2-3-7-6(8)5-9(10)11-7;1-2-6-9-7-4-3-5-8-9/h3-8,12H,1-2H3;2-5,11H,10H2,1H3;3-5,7-8H,2,6H2,1H3. The summed E-state index contributed by atoms with van der Waals surface area (Å²) in [7, 11) is 1.65. The molecule has 172 valence electrons. The van der Waals surface area contributed by atoms with Gasteiger partial charge < -0.3 is 20.4 Å². The zero-order chi connectivity index (χ0) is 23.6. The van der Waals surface area contributed by atoms with Gasteiger partial charge in [0.1, 0.15) is 11.6 Å². The second kappa shape index (κ2) is 11.8. The Morgan fingerprint density at radius 1 is 0.818 bits per heavy atom. The highest BCUT2D eigenvalue weighted by molar-refractivity contribution is 5.89. The van der Waals surface area contributed by atoms with Crippen molar-refractivity contribution in [1.82, 2.24) is 9.97 Å². The average molecular weight is 442 g/mol. The van der Waals surface area contributed by atoms with E-state index in [1.165, 1.54) is 35.0 Å². The second-order valence-electron chi connectivity index (χ2n) is 8.35. The van der Waals surface area contributed by atoms with Crippen LogP contribution in [0.15, 0.2) is 84.9 Å². The van der Waals surface area contributed by atoms with Crippen LogP contribution in [0, 0.1) is 0 Å². The summed E-state index contributed by atoms with van der Waals surface area (Å²) >= 11 is 0. The van der Waals surface area contributed by atoms with Crippen molar-refractivity contribution in [3.05, 3.63) is 96.2 Å². The summed E-state index contributed by atoms with van der Waals surface area (Å²) in [4.78, 5) is 6.43. The summed E-state index contributed by atoms with van der Waals surface area (Å²) in [6, 6.07) is 28.8. The highest BCUT2D eigenvalue weighted by Crippen LogP contribution is 2.26. The molecule has 4 heteroatoms. The molecule has 0 radical (unpaired) electrons. The molecule has 0 amide bonds. The van der Waals surface area contributed by atoms with Crippen LogP contribution in [0.1, 0.15) is 44.4 Å². The molecule has 5 rings (SSSR count). The van der Waals surface area contributed by atoms with Gasteiger partial charge in [0.25, 0.3) is 0 Å². The smallest absolute Gasteiger partial charge is 0.128 e. The van der Waals surface area contributed by atoms with E-state index in [0.717, 1.165) is 16.7 Å². The number of nitrogens with two attached hydrogens (primary N) is 1. The summed E-state index contributed by atoms with van der Waals surface area (Å²) in [5.41, 5.74) is 10.6.